The van der Waals surface area contributed by atoms with Crippen molar-refractivity contribution in [3.05, 3.63) is 48.0 Å². The Morgan fingerprint density at radius 1 is 1.32 bits per heavy atom. The van der Waals surface area contributed by atoms with Crippen molar-refractivity contribution >= 4 is 34.4 Å². The molecule has 128 valence electrons. The van der Waals surface area contributed by atoms with E-state index < -0.39 is 0 Å². The second-order valence-corrected chi connectivity index (χ2v) is 7.38. The first-order chi connectivity index (χ1) is 12.2. The van der Waals surface area contributed by atoms with Gasteiger partial charge in [0.15, 0.2) is 5.16 Å². The Hall–Kier alpha value is -2.47. The van der Waals surface area contributed by atoms with Gasteiger partial charge in [-0.05, 0) is 37.1 Å². The van der Waals surface area contributed by atoms with Crippen LogP contribution in [0.4, 0.5) is 5.69 Å². The van der Waals surface area contributed by atoms with Gasteiger partial charge >= 0.3 is 0 Å². The van der Waals surface area contributed by atoms with E-state index in [1.54, 1.807) is 7.11 Å². The standard InChI is InChI=1S/C19H19N3O2S/c1-12(18(23)22-10-9-13-5-3-4-6-17(13)22)25-19-20-15-8-7-14(24-2)11-16(15)21-19/h3-8,11-12H,9-10H2,1-2H3,(H,20,21)/t12-/m1/s1. The van der Waals surface area contributed by atoms with Gasteiger partial charge in [0.1, 0.15) is 5.75 Å². The SMILES string of the molecule is COc1ccc2nc(S[C@H](C)C(=O)N3CCc4ccccc43)[nH]c2c1. The van der Waals surface area contributed by atoms with Crippen molar-refractivity contribution in [2.24, 2.45) is 0 Å². The number of hydrogen-bond donors (Lipinski definition) is 1. The number of ether oxygens (including phenoxy) is 1. The monoisotopic (exact) mass is 353 g/mol. The number of amides is 1. The molecule has 6 heteroatoms. The Morgan fingerprint density at radius 3 is 3.00 bits per heavy atom. The summed E-state index contributed by atoms with van der Waals surface area (Å²) in [7, 11) is 1.64. The second-order valence-electron chi connectivity index (χ2n) is 6.05. The van der Waals surface area contributed by atoms with E-state index in [0.29, 0.717) is 0 Å². The number of aromatic nitrogens is 2. The minimum absolute atomic E-state index is 0.119. The molecule has 1 aliphatic rings. The molecule has 0 bridgehead atoms. The molecule has 0 aliphatic carbocycles. The van der Waals surface area contributed by atoms with Crippen LogP contribution < -0.4 is 9.64 Å². The highest BCUT2D eigenvalue weighted by Crippen LogP contribution is 2.31. The molecule has 5 nitrogen and oxygen atoms in total. The molecule has 1 aliphatic heterocycles. The van der Waals surface area contributed by atoms with Crippen LogP contribution in [-0.2, 0) is 11.2 Å². The van der Waals surface area contributed by atoms with Crippen LogP contribution in [0.2, 0.25) is 0 Å². The number of imidazole rings is 1. The maximum Gasteiger partial charge on any atom is 0.240 e. The number of hydrogen-bond acceptors (Lipinski definition) is 4. The van der Waals surface area contributed by atoms with E-state index in [4.69, 9.17) is 4.74 Å². The number of aromatic amines is 1. The third-order valence-electron chi connectivity index (χ3n) is 4.46. The van der Waals surface area contributed by atoms with Crippen molar-refractivity contribution in [2.45, 2.75) is 23.8 Å². The first-order valence-electron chi connectivity index (χ1n) is 8.25. The van der Waals surface area contributed by atoms with Crippen LogP contribution in [0.25, 0.3) is 11.0 Å². The Bertz CT molecular complexity index is 937. The number of anilines is 1. The van der Waals surface area contributed by atoms with E-state index in [0.717, 1.165) is 40.6 Å². The molecule has 2 aromatic carbocycles. The normalized spacial score (nSPS) is 14.6. The van der Waals surface area contributed by atoms with Gasteiger partial charge in [-0.25, -0.2) is 4.98 Å². The summed E-state index contributed by atoms with van der Waals surface area (Å²) in [6.45, 7) is 2.68. The predicted molar refractivity (Wildman–Crippen MR) is 100 cm³/mol. The van der Waals surface area contributed by atoms with E-state index in [2.05, 4.69) is 16.0 Å². The number of methoxy groups -OCH3 is 1. The van der Waals surface area contributed by atoms with Crippen LogP contribution in [0, 0.1) is 0 Å². The Balaban J connectivity index is 1.52. The predicted octanol–water partition coefficient (Wildman–Crippen LogP) is 3.64. The Kier molecular flexibility index (Phi) is 4.13. The molecule has 0 fully saturated rings. The van der Waals surface area contributed by atoms with Gasteiger partial charge in [-0.1, -0.05) is 30.0 Å². The molecular weight excluding hydrogens is 334 g/mol. The molecule has 0 spiro atoms. The Morgan fingerprint density at radius 2 is 2.16 bits per heavy atom. The fourth-order valence-electron chi connectivity index (χ4n) is 3.15. The van der Waals surface area contributed by atoms with Crippen LogP contribution in [0.5, 0.6) is 5.75 Å². The van der Waals surface area contributed by atoms with E-state index in [1.165, 1.54) is 17.3 Å². The number of carbonyl (C=O) groups excluding carboxylic acids is 1. The highest BCUT2D eigenvalue weighted by molar-refractivity contribution is 8.00. The van der Waals surface area contributed by atoms with Gasteiger partial charge in [-0.3, -0.25) is 4.79 Å². The fraction of sp³-hybridized carbons (Fsp3) is 0.263. The molecule has 0 saturated heterocycles. The molecule has 4 rings (SSSR count). The molecule has 2 heterocycles. The zero-order valence-corrected chi connectivity index (χ0v) is 15.0. The lowest BCUT2D eigenvalue weighted by Crippen LogP contribution is -2.35. The summed E-state index contributed by atoms with van der Waals surface area (Å²) in [6.07, 6.45) is 0.920. The number of benzene rings is 2. The van der Waals surface area contributed by atoms with Crippen LogP contribution in [0.15, 0.2) is 47.6 Å². The maximum atomic E-state index is 12.9. The first kappa shape index (κ1) is 16.0. The molecule has 0 saturated carbocycles. The number of rotatable bonds is 4. The largest absolute Gasteiger partial charge is 0.497 e. The summed E-state index contributed by atoms with van der Waals surface area (Å²) in [5.41, 5.74) is 4.06. The van der Waals surface area contributed by atoms with E-state index in [9.17, 15) is 4.79 Å². The lowest BCUT2D eigenvalue weighted by molar-refractivity contribution is -0.117. The summed E-state index contributed by atoms with van der Waals surface area (Å²) >= 11 is 1.45. The number of H-pyrrole nitrogens is 1. The Labute approximate surface area is 150 Å². The van der Waals surface area contributed by atoms with Gasteiger partial charge in [-0.15, -0.1) is 0 Å². The summed E-state index contributed by atoms with van der Waals surface area (Å²) in [5, 5.41) is 0.533. The molecule has 3 aromatic rings. The maximum absolute atomic E-state index is 12.9. The molecule has 1 aromatic heterocycles. The lowest BCUT2D eigenvalue weighted by atomic mass is 10.2. The van der Waals surface area contributed by atoms with Crippen LogP contribution in [-0.4, -0.2) is 34.8 Å². The quantitative estimate of drug-likeness (QED) is 0.728. The van der Waals surface area contributed by atoms with E-state index in [1.807, 2.05) is 48.2 Å². The van der Waals surface area contributed by atoms with Crippen LogP contribution in [0.3, 0.4) is 0 Å². The zero-order chi connectivity index (χ0) is 17.4. The number of nitrogens with zero attached hydrogens (tertiary/aromatic N) is 2. The topological polar surface area (TPSA) is 58.2 Å². The molecule has 1 N–H and O–H groups in total. The average Bonchev–Trinajstić information content (AvgIpc) is 3.23. The lowest BCUT2D eigenvalue weighted by Gasteiger charge is -2.20. The highest BCUT2D eigenvalue weighted by Gasteiger charge is 2.28. The smallest absolute Gasteiger partial charge is 0.240 e. The number of thioether (sulfide) groups is 1. The number of para-hydroxylation sites is 1. The molecule has 0 radical (unpaired) electrons. The third kappa shape index (κ3) is 2.98. The van der Waals surface area contributed by atoms with Crippen molar-refractivity contribution in [2.75, 3.05) is 18.6 Å². The van der Waals surface area contributed by atoms with Gasteiger partial charge in [-0.2, -0.15) is 0 Å². The second kappa shape index (κ2) is 6.44. The number of fused-ring (bicyclic) bond motifs is 2. The summed E-state index contributed by atoms with van der Waals surface area (Å²) in [6, 6.07) is 13.8. The van der Waals surface area contributed by atoms with Crippen molar-refractivity contribution in [1.29, 1.82) is 0 Å². The first-order valence-corrected chi connectivity index (χ1v) is 9.13. The molecule has 1 amide bonds. The fourth-order valence-corrected chi connectivity index (χ4v) is 4.04. The third-order valence-corrected chi connectivity index (χ3v) is 5.43. The summed E-state index contributed by atoms with van der Waals surface area (Å²) in [5.74, 6) is 0.901. The summed E-state index contributed by atoms with van der Waals surface area (Å²) in [4.78, 5) is 22.6. The average molecular weight is 353 g/mol. The molecular formula is C19H19N3O2S. The van der Waals surface area contributed by atoms with Gasteiger partial charge in [0.2, 0.25) is 5.91 Å². The van der Waals surface area contributed by atoms with Crippen molar-refractivity contribution in [3.63, 3.8) is 0 Å². The summed E-state index contributed by atoms with van der Waals surface area (Å²) < 4.78 is 5.24. The molecule has 0 unspecified atom stereocenters. The van der Waals surface area contributed by atoms with Crippen molar-refractivity contribution in [1.82, 2.24) is 9.97 Å². The highest BCUT2D eigenvalue weighted by atomic mass is 32.2. The van der Waals surface area contributed by atoms with Crippen molar-refractivity contribution < 1.29 is 9.53 Å². The minimum Gasteiger partial charge on any atom is -0.497 e. The zero-order valence-electron chi connectivity index (χ0n) is 14.2. The molecule has 25 heavy (non-hydrogen) atoms. The number of carbonyl (C=O) groups is 1. The van der Waals surface area contributed by atoms with Gasteiger partial charge in [0, 0.05) is 18.3 Å². The van der Waals surface area contributed by atoms with Crippen LogP contribution >= 0.6 is 11.8 Å². The van der Waals surface area contributed by atoms with E-state index >= 15 is 0 Å². The van der Waals surface area contributed by atoms with E-state index in [-0.39, 0.29) is 11.2 Å². The minimum atomic E-state index is -0.214. The number of nitrogens with one attached hydrogen (secondary N) is 1. The molecule has 1 atom stereocenters. The van der Waals surface area contributed by atoms with Gasteiger partial charge in [0.05, 0.1) is 23.4 Å². The van der Waals surface area contributed by atoms with Crippen molar-refractivity contribution in [3.8, 4) is 5.75 Å². The van der Waals surface area contributed by atoms with Gasteiger partial charge in [0.25, 0.3) is 0 Å². The van der Waals surface area contributed by atoms with Gasteiger partial charge < -0.3 is 14.6 Å². The van der Waals surface area contributed by atoms with Crippen LogP contribution in [0.1, 0.15) is 12.5 Å².